The predicted molar refractivity (Wildman–Crippen MR) is 54.9 cm³/mol. The largest absolute Gasteiger partial charge is 0.508 e. The second-order valence-electron chi connectivity index (χ2n) is 2.88. The fourth-order valence-corrected chi connectivity index (χ4v) is 1.60. The summed E-state index contributed by atoms with van der Waals surface area (Å²) in [5, 5.41) is 9.51. The number of hydrogen-bond donors (Lipinski definition) is 1. The van der Waals surface area contributed by atoms with E-state index in [0.717, 1.165) is 21.9 Å². The van der Waals surface area contributed by atoms with Crippen molar-refractivity contribution in [3.63, 3.8) is 0 Å². The van der Waals surface area contributed by atoms with Gasteiger partial charge in [0, 0.05) is 10.9 Å². The van der Waals surface area contributed by atoms with Crippen molar-refractivity contribution in [1.29, 1.82) is 0 Å². The second kappa shape index (κ2) is 4.42. The Morgan fingerprint density at radius 2 is 2.23 bits per heavy atom. The van der Waals surface area contributed by atoms with Crippen molar-refractivity contribution in [2.45, 2.75) is 19.8 Å². The van der Waals surface area contributed by atoms with Crippen molar-refractivity contribution in [3.05, 3.63) is 27.7 Å². The normalized spacial score (nSPS) is 10.0. The maximum Gasteiger partial charge on any atom is 0.120 e. The Bertz CT molecular complexity index is 321. The number of phenols is 1. The Balaban J connectivity index is 3.02. The minimum atomic E-state index is 0.266. The van der Waals surface area contributed by atoms with E-state index in [4.69, 9.17) is 0 Å². The van der Waals surface area contributed by atoms with E-state index in [0.29, 0.717) is 12.8 Å². The highest BCUT2D eigenvalue weighted by molar-refractivity contribution is 9.10. The molecule has 0 aliphatic carbocycles. The Kier molecular flexibility index (Phi) is 3.48. The van der Waals surface area contributed by atoms with Crippen molar-refractivity contribution in [2.24, 2.45) is 0 Å². The maximum absolute atomic E-state index is 10.2. The third-order valence-corrected chi connectivity index (χ3v) is 2.88. The smallest absolute Gasteiger partial charge is 0.120 e. The van der Waals surface area contributed by atoms with E-state index in [1.165, 1.54) is 0 Å². The van der Waals surface area contributed by atoms with E-state index < -0.39 is 0 Å². The standard InChI is InChI=1S/C10H11BrO2/c1-7-8(3-2-6-12)10(13)5-4-9(7)11/h4-6,13H,2-3H2,1H3. The molecular formula is C10H11BrO2. The van der Waals surface area contributed by atoms with Gasteiger partial charge in [0.2, 0.25) is 0 Å². The molecule has 0 aliphatic heterocycles. The number of aromatic hydroxyl groups is 1. The SMILES string of the molecule is Cc1c(Br)ccc(O)c1CCC=O. The third-order valence-electron chi connectivity index (χ3n) is 2.02. The lowest BCUT2D eigenvalue weighted by Gasteiger charge is -2.08. The molecule has 1 aromatic rings. The molecule has 0 aliphatic rings. The molecule has 0 unspecified atom stereocenters. The Labute approximate surface area is 85.7 Å². The van der Waals surface area contributed by atoms with Gasteiger partial charge in [0.05, 0.1) is 0 Å². The van der Waals surface area contributed by atoms with Crippen molar-refractivity contribution < 1.29 is 9.90 Å². The first-order valence-corrected chi connectivity index (χ1v) is 4.86. The molecule has 3 heteroatoms. The Hall–Kier alpha value is -0.830. The summed E-state index contributed by atoms with van der Waals surface area (Å²) in [4.78, 5) is 10.2. The number of carbonyl (C=O) groups is 1. The second-order valence-corrected chi connectivity index (χ2v) is 3.73. The lowest BCUT2D eigenvalue weighted by atomic mass is 10.0. The third kappa shape index (κ3) is 2.31. The molecule has 2 nitrogen and oxygen atoms in total. The molecule has 0 amide bonds. The van der Waals surface area contributed by atoms with Gasteiger partial charge in [0.15, 0.2) is 0 Å². The van der Waals surface area contributed by atoms with Crippen molar-refractivity contribution in [1.82, 2.24) is 0 Å². The average molecular weight is 243 g/mol. The molecule has 0 heterocycles. The van der Waals surface area contributed by atoms with Crippen LogP contribution in [0.2, 0.25) is 0 Å². The minimum Gasteiger partial charge on any atom is -0.508 e. The topological polar surface area (TPSA) is 37.3 Å². The first-order chi connectivity index (χ1) is 6.16. The highest BCUT2D eigenvalue weighted by atomic mass is 79.9. The number of rotatable bonds is 3. The van der Waals surface area contributed by atoms with Crippen LogP contribution in [-0.4, -0.2) is 11.4 Å². The highest BCUT2D eigenvalue weighted by Crippen LogP contribution is 2.28. The minimum absolute atomic E-state index is 0.266. The summed E-state index contributed by atoms with van der Waals surface area (Å²) in [6.07, 6.45) is 1.91. The molecule has 0 bridgehead atoms. The zero-order valence-corrected chi connectivity index (χ0v) is 8.97. The summed E-state index contributed by atoms with van der Waals surface area (Å²) < 4.78 is 0.964. The molecule has 0 spiro atoms. The van der Waals surface area contributed by atoms with Crippen molar-refractivity contribution >= 4 is 22.2 Å². The summed E-state index contributed by atoms with van der Waals surface area (Å²) in [5.74, 6) is 0.266. The number of phenolic OH excluding ortho intramolecular Hbond substituents is 1. The number of halogens is 1. The van der Waals surface area contributed by atoms with Crippen LogP contribution in [0.4, 0.5) is 0 Å². The first-order valence-electron chi connectivity index (χ1n) is 4.07. The van der Waals surface area contributed by atoms with Crippen LogP contribution in [0.5, 0.6) is 5.75 Å². The number of carbonyl (C=O) groups excluding carboxylic acids is 1. The zero-order chi connectivity index (χ0) is 9.84. The van der Waals surface area contributed by atoms with E-state index in [-0.39, 0.29) is 5.75 Å². The quantitative estimate of drug-likeness (QED) is 0.828. The maximum atomic E-state index is 10.2. The molecule has 1 aromatic carbocycles. The summed E-state index contributed by atoms with van der Waals surface area (Å²) in [5.41, 5.74) is 1.85. The van der Waals surface area contributed by atoms with Gasteiger partial charge in [0.1, 0.15) is 12.0 Å². The fourth-order valence-electron chi connectivity index (χ4n) is 1.23. The van der Waals surface area contributed by atoms with Gasteiger partial charge in [-0.05, 0) is 36.6 Å². The predicted octanol–water partition coefficient (Wildman–Crippen LogP) is 2.59. The molecule has 0 atom stereocenters. The number of hydrogen-bond acceptors (Lipinski definition) is 2. The van der Waals surface area contributed by atoms with E-state index in [2.05, 4.69) is 15.9 Å². The van der Waals surface area contributed by atoms with Gasteiger partial charge >= 0.3 is 0 Å². The van der Waals surface area contributed by atoms with Gasteiger partial charge in [-0.25, -0.2) is 0 Å². The average Bonchev–Trinajstić information content (AvgIpc) is 2.12. The van der Waals surface area contributed by atoms with E-state index in [1.54, 1.807) is 12.1 Å². The Morgan fingerprint density at radius 3 is 2.85 bits per heavy atom. The van der Waals surface area contributed by atoms with Crippen molar-refractivity contribution in [2.75, 3.05) is 0 Å². The van der Waals surface area contributed by atoms with Crippen LogP contribution >= 0.6 is 15.9 Å². The van der Waals surface area contributed by atoms with Gasteiger partial charge in [-0.1, -0.05) is 15.9 Å². The molecule has 0 saturated heterocycles. The van der Waals surface area contributed by atoms with Gasteiger partial charge in [0.25, 0.3) is 0 Å². The van der Waals surface area contributed by atoms with Crippen LogP contribution in [-0.2, 0) is 11.2 Å². The van der Waals surface area contributed by atoms with Crippen LogP contribution in [0.1, 0.15) is 17.5 Å². The molecule has 0 radical (unpaired) electrons. The fraction of sp³-hybridized carbons (Fsp3) is 0.300. The van der Waals surface area contributed by atoms with E-state index >= 15 is 0 Å². The van der Waals surface area contributed by atoms with Gasteiger partial charge in [-0.3, -0.25) is 0 Å². The van der Waals surface area contributed by atoms with E-state index in [1.807, 2.05) is 6.92 Å². The number of aldehydes is 1. The molecule has 0 aromatic heterocycles. The molecule has 1 N–H and O–H groups in total. The van der Waals surface area contributed by atoms with Gasteiger partial charge < -0.3 is 9.90 Å². The van der Waals surface area contributed by atoms with Gasteiger partial charge in [-0.2, -0.15) is 0 Å². The summed E-state index contributed by atoms with van der Waals surface area (Å²) in [6.45, 7) is 1.92. The Morgan fingerprint density at radius 1 is 1.54 bits per heavy atom. The highest BCUT2D eigenvalue weighted by Gasteiger charge is 2.06. The van der Waals surface area contributed by atoms with Crippen LogP contribution in [0.3, 0.4) is 0 Å². The van der Waals surface area contributed by atoms with Crippen LogP contribution < -0.4 is 0 Å². The molecule has 0 fully saturated rings. The number of benzene rings is 1. The summed E-state index contributed by atoms with van der Waals surface area (Å²) >= 11 is 3.37. The first kappa shape index (κ1) is 10.3. The molecule has 70 valence electrons. The molecule has 0 saturated carbocycles. The molecule has 1 rings (SSSR count). The monoisotopic (exact) mass is 242 g/mol. The van der Waals surface area contributed by atoms with Crippen LogP contribution in [0.25, 0.3) is 0 Å². The van der Waals surface area contributed by atoms with Crippen LogP contribution in [0, 0.1) is 6.92 Å². The van der Waals surface area contributed by atoms with Gasteiger partial charge in [-0.15, -0.1) is 0 Å². The van der Waals surface area contributed by atoms with Crippen LogP contribution in [0.15, 0.2) is 16.6 Å². The molecule has 13 heavy (non-hydrogen) atoms. The molecular weight excluding hydrogens is 232 g/mol. The lowest BCUT2D eigenvalue weighted by molar-refractivity contribution is -0.107. The summed E-state index contributed by atoms with van der Waals surface area (Å²) in [6, 6.07) is 3.44. The lowest BCUT2D eigenvalue weighted by Crippen LogP contribution is -1.92. The van der Waals surface area contributed by atoms with Crippen molar-refractivity contribution in [3.8, 4) is 5.75 Å². The summed E-state index contributed by atoms with van der Waals surface area (Å²) in [7, 11) is 0. The van der Waals surface area contributed by atoms with E-state index in [9.17, 15) is 9.90 Å². The zero-order valence-electron chi connectivity index (χ0n) is 7.38.